The van der Waals surface area contributed by atoms with Crippen LogP contribution in [0.1, 0.15) is 30.7 Å². The molecule has 4 aromatic rings. The van der Waals surface area contributed by atoms with E-state index < -0.39 is 0 Å². The molecular formula is C27H16N2O2Se. The predicted octanol–water partition coefficient (Wildman–Crippen LogP) is 5.55. The van der Waals surface area contributed by atoms with E-state index in [9.17, 15) is 14.9 Å². The second kappa shape index (κ2) is 8.28. The molecule has 5 heteroatoms. The summed E-state index contributed by atoms with van der Waals surface area (Å²) < 4.78 is 1.96. The van der Waals surface area contributed by atoms with Crippen molar-refractivity contribution in [3.05, 3.63) is 118 Å². The van der Waals surface area contributed by atoms with Crippen LogP contribution in [0, 0.1) is 11.3 Å². The van der Waals surface area contributed by atoms with Gasteiger partial charge in [0.05, 0.1) is 0 Å². The fourth-order valence-electron chi connectivity index (χ4n) is 3.81. The second-order valence-electron chi connectivity index (χ2n) is 7.24. The first kappa shape index (κ1) is 20.0. The Labute approximate surface area is 191 Å². The van der Waals surface area contributed by atoms with E-state index in [4.69, 9.17) is 0 Å². The number of hydrogen-bond donors (Lipinski definition) is 0. The van der Waals surface area contributed by atoms with Crippen molar-refractivity contribution in [2.24, 2.45) is 0 Å². The Morgan fingerprint density at radius 1 is 0.750 bits per heavy atom. The fraction of sp³-hybridized carbons (Fsp3) is 0. The summed E-state index contributed by atoms with van der Waals surface area (Å²) in [5.74, 6) is -0.434. The van der Waals surface area contributed by atoms with Crippen molar-refractivity contribution in [2.45, 2.75) is 0 Å². The van der Waals surface area contributed by atoms with Crippen molar-refractivity contribution in [3.8, 4) is 6.07 Å². The number of fused-ring (bicyclic) bond motifs is 1. The molecule has 0 N–H and O–H groups in total. The summed E-state index contributed by atoms with van der Waals surface area (Å²) in [6, 6.07) is 30.6. The van der Waals surface area contributed by atoms with Gasteiger partial charge in [-0.2, -0.15) is 0 Å². The van der Waals surface area contributed by atoms with Gasteiger partial charge in [0.2, 0.25) is 0 Å². The van der Waals surface area contributed by atoms with Gasteiger partial charge in [0, 0.05) is 0 Å². The van der Waals surface area contributed by atoms with Crippen LogP contribution in [0.3, 0.4) is 0 Å². The fourth-order valence-corrected chi connectivity index (χ4v) is 5.88. The summed E-state index contributed by atoms with van der Waals surface area (Å²) in [5, 5.41) is 9.65. The number of nitrogens with zero attached hydrogens (tertiary/aromatic N) is 2. The number of nitriles is 1. The summed E-state index contributed by atoms with van der Waals surface area (Å²) in [4.78, 5) is 27.6. The number of allylic oxidation sites excluding steroid dienone is 1. The molecule has 0 saturated heterocycles. The number of Topliss-reactive ketones (excluding diaryl/α,β-unsaturated/α-hetero) is 2. The van der Waals surface area contributed by atoms with Crippen LogP contribution in [-0.2, 0) is 0 Å². The van der Waals surface area contributed by atoms with Crippen LogP contribution in [0.25, 0.3) is 6.08 Å². The minimum atomic E-state index is -0.217. The number of ketones is 2. The van der Waals surface area contributed by atoms with Crippen LogP contribution in [0.4, 0.5) is 15.9 Å². The first-order chi connectivity index (χ1) is 15.7. The van der Waals surface area contributed by atoms with Crippen molar-refractivity contribution >= 4 is 48.1 Å². The van der Waals surface area contributed by atoms with Crippen LogP contribution in [0.5, 0.6) is 0 Å². The molecule has 0 unspecified atom stereocenters. The maximum absolute atomic E-state index is 12.8. The SMILES string of the molecule is N#Cc1ccccc1N(c1ccccc1)c1ccc(C=C2C(=O)c3ccccc3C2=O)[se]1. The third-order valence-electron chi connectivity index (χ3n) is 5.30. The zero-order valence-corrected chi connectivity index (χ0v) is 18.6. The molecule has 32 heavy (non-hydrogen) atoms. The number of para-hydroxylation sites is 2. The van der Waals surface area contributed by atoms with Gasteiger partial charge < -0.3 is 0 Å². The van der Waals surface area contributed by atoms with Crippen molar-refractivity contribution in [1.29, 1.82) is 5.26 Å². The van der Waals surface area contributed by atoms with Crippen molar-refractivity contribution in [1.82, 2.24) is 0 Å². The Kier molecular flexibility index (Phi) is 5.16. The van der Waals surface area contributed by atoms with E-state index in [-0.39, 0.29) is 31.6 Å². The maximum atomic E-state index is 12.8. The molecule has 0 aliphatic heterocycles. The van der Waals surface area contributed by atoms with Crippen LogP contribution >= 0.6 is 0 Å². The Morgan fingerprint density at radius 2 is 1.38 bits per heavy atom. The number of rotatable bonds is 4. The Balaban J connectivity index is 1.58. The monoisotopic (exact) mass is 480 g/mol. The van der Waals surface area contributed by atoms with Crippen LogP contribution in [-0.4, -0.2) is 26.1 Å². The van der Waals surface area contributed by atoms with Gasteiger partial charge in [-0.15, -0.1) is 0 Å². The van der Waals surface area contributed by atoms with E-state index in [1.807, 2.05) is 60.7 Å². The van der Waals surface area contributed by atoms with Gasteiger partial charge in [-0.05, 0) is 0 Å². The summed E-state index contributed by atoms with van der Waals surface area (Å²) >= 11 is -0.152. The minimum absolute atomic E-state index is 0.152. The molecule has 0 fully saturated rings. The van der Waals surface area contributed by atoms with Gasteiger partial charge in [-0.25, -0.2) is 0 Å². The standard InChI is InChI=1S/C27H16N2O2Se/c28-17-18-8-4-7-13-24(18)29(19-9-2-1-3-10-19)25-15-14-20(32-25)16-23-26(30)21-11-5-6-12-22(21)27(23)31/h1-16H. The van der Waals surface area contributed by atoms with E-state index in [1.54, 1.807) is 36.4 Å². The average molecular weight is 479 g/mol. The van der Waals surface area contributed by atoms with Gasteiger partial charge in [-0.1, -0.05) is 0 Å². The summed E-state index contributed by atoms with van der Waals surface area (Å²) in [5.41, 5.74) is 3.49. The van der Waals surface area contributed by atoms with Gasteiger partial charge >= 0.3 is 192 Å². The molecule has 0 bridgehead atoms. The third-order valence-corrected chi connectivity index (χ3v) is 7.44. The third kappa shape index (κ3) is 3.42. The van der Waals surface area contributed by atoms with Gasteiger partial charge in [0.15, 0.2) is 0 Å². The van der Waals surface area contributed by atoms with E-state index in [2.05, 4.69) is 11.0 Å². The Hall–Kier alpha value is -3.97. The molecule has 3 aromatic carbocycles. The summed E-state index contributed by atoms with van der Waals surface area (Å²) in [7, 11) is 0. The molecular weight excluding hydrogens is 463 g/mol. The molecule has 0 radical (unpaired) electrons. The average Bonchev–Trinajstić information content (AvgIpc) is 3.39. The number of anilines is 3. The predicted molar refractivity (Wildman–Crippen MR) is 126 cm³/mol. The molecule has 0 amide bonds. The van der Waals surface area contributed by atoms with Gasteiger partial charge in [0.25, 0.3) is 0 Å². The molecule has 0 atom stereocenters. The molecule has 0 saturated carbocycles. The van der Waals surface area contributed by atoms with Crippen molar-refractivity contribution in [3.63, 3.8) is 0 Å². The summed E-state index contributed by atoms with van der Waals surface area (Å²) in [6.45, 7) is 0. The van der Waals surface area contributed by atoms with E-state index >= 15 is 0 Å². The Bertz CT molecular complexity index is 1390. The van der Waals surface area contributed by atoms with Gasteiger partial charge in [0.1, 0.15) is 0 Å². The first-order valence-electron chi connectivity index (χ1n) is 10.0. The molecule has 152 valence electrons. The van der Waals surface area contributed by atoms with E-state index in [0.29, 0.717) is 16.7 Å². The van der Waals surface area contributed by atoms with Crippen LogP contribution < -0.4 is 4.90 Å². The van der Waals surface area contributed by atoms with E-state index in [0.717, 1.165) is 20.4 Å². The first-order valence-corrected chi connectivity index (χ1v) is 11.7. The molecule has 1 heterocycles. The van der Waals surface area contributed by atoms with Crippen LogP contribution in [0.2, 0.25) is 0 Å². The molecule has 0 spiro atoms. The Morgan fingerprint density at radius 3 is 2.06 bits per heavy atom. The topological polar surface area (TPSA) is 61.2 Å². The zero-order valence-electron chi connectivity index (χ0n) is 16.9. The molecule has 1 aromatic heterocycles. The molecule has 1 aliphatic carbocycles. The normalized spacial score (nSPS) is 12.4. The van der Waals surface area contributed by atoms with Gasteiger partial charge in [-0.3, -0.25) is 0 Å². The number of carbonyl (C=O) groups is 2. The molecule has 1 aliphatic rings. The number of benzene rings is 3. The molecule has 4 nitrogen and oxygen atoms in total. The quantitative estimate of drug-likeness (QED) is 0.219. The molecule has 5 rings (SSSR count). The number of carbonyl (C=O) groups excluding carboxylic acids is 2. The van der Waals surface area contributed by atoms with Crippen LogP contribution in [0.15, 0.2) is 96.6 Å². The van der Waals surface area contributed by atoms with E-state index in [1.165, 1.54) is 0 Å². The summed E-state index contributed by atoms with van der Waals surface area (Å²) in [6.07, 6.45) is 1.73. The second-order valence-corrected chi connectivity index (χ2v) is 9.53. The van der Waals surface area contributed by atoms with Crippen molar-refractivity contribution < 1.29 is 9.59 Å². The van der Waals surface area contributed by atoms with Crippen molar-refractivity contribution in [2.75, 3.05) is 4.90 Å². The number of hydrogen-bond acceptors (Lipinski definition) is 4. The zero-order chi connectivity index (χ0) is 22.1.